The monoisotopic (exact) mass is 1050 g/mol. The number of nitrogen functional groups attached to an aromatic ring is 1. The summed E-state index contributed by atoms with van der Waals surface area (Å²) in [7, 11) is -0.747. The zero-order valence-corrected chi connectivity index (χ0v) is 46.2. The van der Waals surface area contributed by atoms with Gasteiger partial charge in [-0.15, -0.1) is 0 Å². The van der Waals surface area contributed by atoms with Crippen molar-refractivity contribution in [1.82, 2.24) is 43.9 Å². The minimum atomic E-state index is -2.24. The fourth-order valence-electron chi connectivity index (χ4n) is 8.09. The van der Waals surface area contributed by atoms with Crippen molar-refractivity contribution in [3.63, 3.8) is 0 Å². The third-order valence-corrected chi connectivity index (χ3v) is 23.1. The van der Waals surface area contributed by atoms with Crippen LogP contribution >= 0.6 is 0 Å². The van der Waals surface area contributed by atoms with Gasteiger partial charge >= 0.3 is 0 Å². The molecule has 2 aliphatic heterocycles. The molecule has 21 heteroatoms. The van der Waals surface area contributed by atoms with E-state index in [2.05, 4.69) is 116 Å². The van der Waals surface area contributed by atoms with Crippen LogP contribution in [0.25, 0.3) is 22.3 Å². The number of nitrogens with one attached hydrogen (secondary N) is 2. The number of H-pyrrole nitrogens is 2. The second kappa shape index (κ2) is 23.7. The Morgan fingerprint density at radius 3 is 1.49 bits per heavy atom. The topological polar surface area (TPSA) is 230 Å². The van der Waals surface area contributed by atoms with Crippen LogP contribution in [0.15, 0.2) is 97.9 Å². The van der Waals surface area contributed by atoms with Crippen molar-refractivity contribution in [2.45, 2.75) is 168 Å². The van der Waals surface area contributed by atoms with Gasteiger partial charge in [-0.25, -0.2) is 15.0 Å². The number of nitrogens with two attached hydrogens (primary N) is 1. The average Bonchev–Trinajstić information content (AvgIpc) is 4.10. The SMILES string of the molecule is C.C.CC[C@H]1O[C@@H](n2cnc3c(=O)[nH]c(N)nc32)[C@H](O[Si](C)(C)C(C)(C)C)[C@@H]1N=Cc1ccccc1.CC[C@H]1O[C@@H](n2cnc3c(=O)[nH]c(N=CN(C)C)nc32)[C@H](O[Si](C)(C)C(C)(C)C)[C@@H]1N=Cc1ccccc1. The summed E-state index contributed by atoms with van der Waals surface area (Å²) in [6.45, 7) is 26.3. The highest BCUT2D eigenvalue weighted by Gasteiger charge is 2.52. The van der Waals surface area contributed by atoms with Crippen molar-refractivity contribution in [3.8, 4) is 0 Å². The van der Waals surface area contributed by atoms with E-state index < -0.39 is 35.2 Å². The van der Waals surface area contributed by atoms with E-state index in [1.165, 1.54) is 0 Å². The lowest BCUT2D eigenvalue weighted by molar-refractivity contribution is -0.0321. The molecule has 0 amide bonds. The highest BCUT2D eigenvalue weighted by Crippen LogP contribution is 2.45. The lowest BCUT2D eigenvalue weighted by Gasteiger charge is -2.40. The number of imidazole rings is 2. The van der Waals surface area contributed by atoms with Gasteiger partial charge in [0.05, 0.1) is 31.2 Å². The molecule has 6 heterocycles. The Balaban J connectivity index is 0.000000268. The standard InChI is InChI=1S/C27H39N7O3Si.C24H34N6O3Si.2CH4/c1-9-19-20(28-15-18-13-11-10-12-14-18)22(37-38(7,8)27(2,3)4)25(36-19)34-17-29-21-23(34)31-26(32-24(21)35)30-16-33(5)6;1-7-16-17(26-13-15-11-9-8-10-12-15)19(33-34(5,6)24(2,3)4)22(32-16)30-14-27-18-20(30)28-23(25)29-21(18)31;;/h10-17,19-20,22,25H,9H2,1-8H3,(H,31,32,35);8-14,16-17,19,22H,7H2,1-6H3,(H3,25,28,29,31);2*1H4/t19-,20-,22-,25-;16-,17-,19-,22-;;/m11../s1. The number of anilines is 1. The van der Waals surface area contributed by atoms with Gasteiger partial charge in [-0.05, 0) is 60.2 Å². The molecule has 402 valence electrons. The average molecular weight is 1050 g/mol. The molecular formula is C53H81N13O6Si2. The summed E-state index contributed by atoms with van der Waals surface area (Å²) in [5.74, 6) is 0.230. The van der Waals surface area contributed by atoms with Crippen LogP contribution in [0.5, 0.6) is 0 Å². The maximum absolute atomic E-state index is 12.8. The second-order valence-corrected chi connectivity index (χ2v) is 31.2. The summed E-state index contributed by atoms with van der Waals surface area (Å²) in [5, 5.41) is -0.0254. The number of aliphatic imine (C=N–C) groups is 3. The van der Waals surface area contributed by atoms with E-state index in [9.17, 15) is 9.59 Å². The van der Waals surface area contributed by atoms with Crippen molar-refractivity contribution in [2.24, 2.45) is 15.0 Å². The first kappa shape index (κ1) is 58.9. The highest BCUT2D eigenvalue weighted by molar-refractivity contribution is 6.74. The summed E-state index contributed by atoms with van der Waals surface area (Å²) in [6, 6.07) is 19.5. The first-order chi connectivity index (χ1) is 33.9. The minimum absolute atomic E-state index is 0. The van der Waals surface area contributed by atoms with E-state index in [0.29, 0.717) is 11.3 Å². The van der Waals surface area contributed by atoms with E-state index in [4.69, 9.17) is 34.0 Å². The Labute approximate surface area is 438 Å². The molecule has 4 N–H and O–H groups in total. The van der Waals surface area contributed by atoms with Crippen LogP contribution in [0, 0.1) is 0 Å². The van der Waals surface area contributed by atoms with Crippen molar-refractivity contribution in [3.05, 3.63) is 105 Å². The Morgan fingerprint density at radius 1 is 0.689 bits per heavy atom. The molecule has 0 aliphatic carbocycles. The Bertz CT molecular complexity index is 2990. The maximum atomic E-state index is 12.8. The van der Waals surface area contributed by atoms with Crippen molar-refractivity contribution in [2.75, 3.05) is 19.8 Å². The van der Waals surface area contributed by atoms with Crippen molar-refractivity contribution in [1.29, 1.82) is 0 Å². The van der Waals surface area contributed by atoms with E-state index in [0.717, 1.165) is 24.0 Å². The van der Waals surface area contributed by atoms with Crippen LogP contribution in [0.1, 0.15) is 107 Å². The van der Waals surface area contributed by atoms with Crippen LogP contribution in [0.2, 0.25) is 36.3 Å². The van der Waals surface area contributed by atoms with Crippen LogP contribution < -0.4 is 16.9 Å². The fraction of sp³-hybridized carbons (Fsp3) is 0.528. The number of fused-ring (bicyclic) bond motifs is 2. The lowest BCUT2D eigenvalue weighted by Crippen LogP contribution is -2.48. The second-order valence-electron chi connectivity index (χ2n) is 21.7. The van der Waals surface area contributed by atoms with E-state index in [1.54, 1.807) is 33.0 Å². The van der Waals surface area contributed by atoms with Crippen molar-refractivity contribution >= 4 is 69.6 Å². The first-order valence-electron chi connectivity index (χ1n) is 24.7. The molecule has 2 aromatic carbocycles. The predicted octanol–water partition coefficient (Wildman–Crippen LogP) is 9.69. The molecule has 0 unspecified atom stereocenters. The largest absolute Gasteiger partial charge is 0.407 e. The van der Waals surface area contributed by atoms with Gasteiger partial charge in [-0.2, -0.15) is 9.97 Å². The quantitative estimate of drug-likeness (QED) is 0.0526. The fourth-order valence-corrected chi connectivity index (χ4v) is 10.7. The molecule has 0 spiro atoms. The normalized spacial score (nSPS) is 22.6. The number of rotatable bonds is 14. The third-order valence-electron chi connectivity index (χ3n) is 14.1. The Morgan fingerprint density at radius 2 is 1.09 bits per heavy atom. The van der Waals surface area contributed by atoms with Gasteiger partial charge in [-0.3, -0.25) is 38.7 Å². The molecule has 2 fully saturated rings. The van der Waals surface area contributed by atoms with Crippen LogP contribution in [0.3, 0.4) is 0 Å². The van der Waals surface area contributed by atoms with Crippen LogP contribution in [-0.4, -0.2) is 130 Å². The number of ether oxygens (including phenoxy) is 2. The van der Waals surface area contributed by atoms with Crippen LogP contribution in [0.4, 0.5) is 11.9 Å². The van der Waals surface area contributed by atoms with Crippen molar-refractivity contribution < 1.29 is 18.3 Å². The summed E-state index contributed by atoms with van der Waals surface area (Å²) in [4.78, 5) is 64.1. The van der Waals surface area contributed by atoms with Crippen LogP contribution in [-0.2, 0) is 18.3 Å². The van der Waals surface area contributed by atoms with E-state index in [-0.39, 0.29) is 89.4 Å². The van der Waals surface area contributed by atoms with Gasteiger partial charge in [0.2, 0.25) is 11.9 Å². The zero-order valence-electron chi connectivity index (χ0n) is 44.2. The molecule has 8 atom stereocenters. The Kier molecular flexibility index (Phi) is 18.9. The molecule has 6 aromatic rings. The van der Waals surface area contributed by atoms with Gasteiger partial charge in [0, 0.05) is 26.5 Å². The number of benzene rings is 2. The zero-order chi connectivity index (χ0) is 52.3. The molecule has 0 bridgehead atoms. The molecule has 8 rings (SSSR count). The number of aromatic amines is 2. The molecule has 4 aromatic heterocycles. The summed E-state index contributed by atoms with van der Waals surface area (Å²) < 4.78 is 30.7. The molecule has 74 heavy (non-hydrogen) atoms. The smallest absolute Gasteiger partial charge is 0.280 e. The number of nitrogens with zero attached hydrogens (tertiary/aromatic N) is 10. The molecular weight excluding hydrogens is 971 g/mol. The molecule has 0 radical (unpaired) electrons. The molecule has 19 nitrogen and oxygen atoms in total. The lowest BCUT2D eigenvalue weighted by atomic mass is 10.1. The van der Waals surface area contributed by atoms with E-state index >= 15 is 0 Å². The minimum Gasteiger partial charge on any atom is -0.407 e. The van der Waals surface area contributed by atoms with E-state index in [1.807, 2.05) is 87.2 Å². The van der Waals surface area contributed by atoms with Gasteiger partial charge < -0.3 is 29.0 Å². The number of hydrogen-bond donors (Lipinski definition) is 3. The number of hydrogen-bond acceptors (Lipinski definition) is 14. The van der Waals surface area contributed by atoms with Gasteiger partial charge in [-0.1, -0.05) is 131 Å². The third kappa shape index (κ3) is 12.9. The maximum Gasteiger partial charge on any atom is 0.280 e. The number of aromatic nitrogens is 8. The van der Waals surface area contributed by atoms with Gasteiger partial charge in [0.1, 0.15) is 24.3 Å². The van der Waals surface area contributed by atoms with Gasteiger partial charge in [0.15, 0.2) is 51.4 Å². The predicted molar refractivity (Wildman–Crippen MR) is 304 cm³/mol. The Hall–Kier alpha value is -5.98. The summed E-state index contributed by atoms with van der Waals surface area (Å²) >= 11 is 0. The summed E-state index contributed by atoms with van der Waals surface area (Å²) in [6.07, 6.45) is 7.82. The molecule has 0 saturated carbocycles. The summed E-state index contributed by atoms with van der Waals surface area (Å²) in [5.41, 5.74) is 8.35. The molecule has 2 aliphatic rings. The highest BCUT2D eigenvalue weighted by atomic mass is 28.4. The first-order valence-corrected chi connectivity index (χ1v) is 30.5. The van der Waals surface area contributed by atoms with Gasteiger partial charge in [0.25, 0.3) is 11.1 Å². The molecule has 2 saturated heterocycles.